The summed E-state index contributed by atoms with van der Waals surface area (Å²) in [5.41, 5.74) is 3.68. The van der Waals surface area contributed by atoms with Gasteiger partial charge in [-0.15, -0.1) is 0 Å². The number of aryl methyl sites for hydroxylation is 3. The first kappa shape index (κ1) is 12.3. The first-order valence-corrected chi connectivity index (χ1v) is 6.90. The van der Waals surface area contributed by atoms with Crippen molar-refractivity contribution in [3.63, 3.8) is 0 Å². The lowest BCUT2D eigenvalue weighted by atomic mass is 9.76. The Labute approximate surface area is 133 Å². The minimum atomic E-state index is -2.06. The summed E-state index contributed by atoms with van der Waals surface area (Å²) in [4.78, 5) is 3.51. The van der Waals surface area contributed by atoms with Crippen LogP contribution in [-0.4, -0.2) is 12.1 Å². The smallest absolute Gasteiger partial charge is 0.457 e. The number of hydrogen-bond donors (Lipinski definition) is 1. The standard InChI is InChI=1S/C17H16BNO3/c1-10-5-15(8-13-9-21-18(20)16(10)13)22-14-6-11(2)17(19-4)12(3)7-14/h5-8,20H,9H2,1-3H3/i9D2. The van der Waals surface area contributed by atoms with Gasteiger partial charge in [0.15, 0.2) is 5.69 Å². The maximum absolute atomic E-state index is 9.88. The molecule has 110 valence electrons. The Hall–Kier alpha value is -2.29. The molecule has 0 unspecified atom stereocenters. The SMILES string of the molecule is [2H]C1([2H])OB(O)c2c(C)cc(Oc3cc(C)c([N+]#[C-])c(C)c3)cc21. The van der Waals surface area contributed by atoms with Gasteiger partial charge in [0.25, 0.3) is 0 Å². The highest BCUT2D eigenvalue weighted by molar-refractivity contribution is 6.62. The topological polar surface area (TPSA) is 43.0 Å². The fourth-order valence-corrected chi connectivity index (χ4v) is 2.70. The van der Waals surface area contributed by atoms with Crippen molar-refractivity contribution in [2.45, 2.75) is 27.3 Å². The van der Waals surface area contributed by atoms with E-state index >= 15 is 0 Å². The molecule has 0 saturated heterocycles. The molecule has 4 nitrogen and oxygen atoms in total. The van der Waals surface area contributed by atoms with Gasteiger partial charge in [0, 0.05) is 0 Å². The predicted molar refractivity (Wildman–Crippen MR) is 85.8 cm³/mol. The Morgan fingerprint density at radius 1 is 1.18 bits per heavy atom. The largest absolute Gasteiger partial charge is 0.492 e. The van der Waals surface area contributed by atoms with E-state index in [-0.39, 0.29) is 5.56 Å². The highest BCUT2D eigenvalue weighted by atomic mass is 16.5. The van der Waals surface area contributed by atoms with Crippen molar-refractivity contribution in [2.75, 3.05) is 0 Å². The molecule has 0 aromatic heterocycles. The van der Waals surface area contributed by atoms with Crippen LogP contribution in [0.1, 0.15) is 25.0 Å². The summed E-state index contributed by atoms with van der Waals surface area (Å²) < 4.78 is 26.6. The molecule has 0 amide bonds. The molecule has 0 atom stereocenters. The summed E-state index contributed by atoms with van der Waals surface area (Å²) >= 11 is 0. The van der Waals surface area contributed by atoms with Crippen molar-refractivity contribution in [3.8, 4) is 11.5 Å². The van der Waals surface area contributed by atoms with E-state index in [4.69, 9.17) is 18.7 Å². The zero-order chi connectivity index (χ0) is 17.6. The van der Waals surface area contributed by atoms with Crippen LogP contribution in [0.15, 0.2) is 24.3 Å². The Morgan fingerprint density at radius 3 is 2.41 bits per heavy atom. The lowest BCUT2D eigenvalue weighted by Gasteiger charge is -2.12. The van der Waals surface area contributed by atoms with E-state index in [1.54, 1.807) is 31.2 Å². The molecule has 0 bridgehead atoms. The van der Waals surface area contributed by atoms with E-state index in [2.05, 4.69) is 4.85 Å². The predicted octanol–water partition coefficient (Wildman–Crippen LogP) is 3.17. The Kier molecular flexibility index (Phi) is 3.06. The average molecular weight is 295 g/mol. The van der Waals surface area contributed by atoms with Gasteiger partial charge in [-0.2, -0.15) is 0 Å². The second kappa shape index (κ2) is 5.49. The van der Waals surface area contributed by atoms with Crippen molar-refractivity contribution in [3.05, 3.63) is 57.9 Å². The van der Waals surface area contributed by atoms with E-state index < -0.39 is 13.7 Å². The normalized spacial score (nSPS) is 16.6. The van der Waals surface area contributed by atoms with Crippen LogP contribution in [-0.2, 0) is 11.2 Å². The molecule has 0 aliphatic carbocycles. The summed E-state index contributed by atoms with van der Waals surface area (Å²) in [5.74, 6) is 1.04. The summed E-state index contributed by atoms with van der Waals surface area (Å²) in [6.45, 7) is 10.6. The molecule has 1 N–H and O–H groups in total. The molecule has 1 aliphatic rings. The number of fused-ring (bicyclic) bond motifs is 1. The molecule has 3 rings (SSSR count). The van der Waals surface area contributed by atoms with Crippen LogP contribution in [0.4, 0.5) is 5.69 Å². The van der Waals surface area contributed by atoms with Crippen molar-refractivity contribution in [2.24, 2.45) is 0 Å². The van der Waals surface area contributed by atoms with Crippen LogP contribution in [0.2, 0.25) is 0 Å². The highest BCUT2D eigenvalue weighted by Crippen LogP contribution is 2.32. The molecule has 2 aromatic carbocycles. The molecule has 1 aliphatic heterocycles. The number of hydrogen-bond acceptors (Lipinski definition) is 3. The second-order valence-corrected chi connectivity index (χ2v) is 5.39. The van der Waals surface area contributed by atoms with Crippen LogP contribution < -0.4 is 10.2 Å². The van der Waals surface area contributed by atoms with Gasteiger partial charge in [-0.25, -0.2) is 4.85 Å². The summed E-state index contributed by atoms with van der Waals surface area (Å²) in [6, 6.07) is 6.85. The van der Waals surface area contributed by atoms with E-state index in [9.17, 15) is 5.02 Å². The molecule has 1 heterocycles. The van der Waals surface area contributed by atoms with Crippen molar-refractivity contribution in [1.82, 2.24) is 0 Å². The first-order chi connectivity index (χ1) is 11.2. The maximum atomic E-state index is 9.88. The molecule has 0 radical (unpaired) electrons. The molecule has 22 heavy (non-hydrogen) atoms. The van der Waals surface area contributed by atoms with Gasteiger partial charge >= 0.3 is 7.12 Å². The third-order valence-corrected chi connectivity index (χ3v) is 3.70. The van der Waals surface area contributed by atoms with Gasteiger partial charge in [-0.3, -0.25) is 0 Å². The fraction of sp³-hybridized carbons (Fsp3) is 0.235. The molecule has 0 fully saturated rings. The third kappa shape index (κ3) is 2.48. The number of ether oxygens (including phenoxy) is 1. The molecule has 0 spiro atoms. The summed E-state index contributed by atoms with van der Waals surface area (Å²) in [7, 11) is -1.27. The van der Waals surface area contributed by atoms with Crippen LogP contribution >= 0.6 is 0 Å². The molecular weight excluding hydrogens is 277 g/mol. The van der Waals surface area contributed by atoms with Crippen LogP contribution in [0.5, 0.6) is 11.5 Å². The monoisotopic (exact) mass is 295 g/mol. The quantitative estimate of drug-likeness (QED) is 0.683. The van der Waals surface area contributed by atoms with Gasteiger partial charge in [-0.1, -0.05) is 0 Å². The van der Waals surface area contributed by atoms with E-state index in [1.807, 2.05) is 13.8 Å². The average Bonchev–Trinajstić information content (AvgIpc) is 2.68. The Morgan fingerprint density at radius 2 is 1.77 bits per heavy atom. The number of benzene rings is 2. The molecule has 2 aromatic rings. The Bertz CT molecular complexity index is 854. The number of rotatable bonds is 2. The highest BCUT2D eigenvalue weighted by Gasteiger charge is 2.29. The van der Waals surface area contributed by atoms with Gasteiger partial charge in [0.2, 0.25) is 0 Å². The van der Waals surface area contributed by atoms with Gasteiger partial charge in [-0.05, 0) is 72.8 Å². The zero-order valence-corrected chi connectivity index (χ0v) is 12.6. The minimum absolute atomic E-state index is 0.274. The van der Waals surface area contributed by atoms with Crippen LogP contribution in [0.25, 0.3) is 4.85 Å². The third-order valence-electron chi connectivity index (χ3n) is 3.70. The van der Waals surface area contributed by atoms with Crippen molar-refractivity contribution < 1.29 is 17.2 Å². The summed E-state index contributed by atoms with van der Waals surface area (Å²) in [6.07, 6.45) is 0. The second-order valence-electron chi connectivity index (χ2n) is 5.39. The summed E-state index contributed by atoms with van der Waals surface area (Å²) in [5, 5.41) is 9.88. The van der Waals surface area contributed by atoms with Crippen molar-refractivity contribution >= 4 is 18.3 Å². The van der Waals surface area contributed by atoms with Crippen molar-refractivity contribution in [1.29, 1.82) is 0 Å². The minimum Gasteiger partial charge on any atom is -0.457 e. The van der Waals surface area contributed by atoms with E-state index in [0.29, 0.717) is 28.2 Å². The van der Waals surface area contributed by atoms with Crippen LogP contribution in [0.3, 0.4) is 0 Å². The van der Waals surface area contributed by atoms with Crippen LogP contribution in [0, 0.1) is 27.3 Å². The lowest BCUT2D eigenvalue weighted by molar-refractivity contribution is 0.275. The molecule has 0 saturated carbocycles. The number of nitrogens with zero attached hydrogens (tertiary/aromatic N) is 1. The maximum Gasteiger partial charge on any atom is 0.492 e. The van der Waals surface area contributed by atoms with E-state index in [0.717, 1.165) is 11.1 Å². The van der Waals surface area contributed by atoms with Gasteiger partial charge in [0.1, 0.15) is 11.5 Å². The van der Waals surface area contributed by atoms with Gasteiger partial charge in [0.05, 0.1) is 15.9 Å². The molecule has 5 heteroatoms. The fourth-order valence-electron chi connectivity index (χ4n) is 2.70. The zero-order valence-electron chi connectivity index (χ0n) is 14.6. The lowest BCUT2D eigenvalue weighted by Crippen LogP contribution is -2.30. The first-order valence-electron chi connectivity index (χ1n) is 7.90. The molecular formula is C17H16BNO3. The van der Waals surface area contributed by atoms with Gasteiger partial charge < -0.3 is 14.4 Å². The Balaban J connectivity index is 2.02. The van der Waals surface area contributed by atoms with E-state index in [1.165, 1.54) is 0 Å².